The van der Waals surface area contributed by atoms with Crippen molar-refractivity contribution >= 4 is 11.9 Å². The topological polar surface area (TPSA) is 102 Å². The second-order valence-corrected chi connectivity index (χ2v) is 4.64. The third kappa shape index (κ3) is 9.77. The van der Waals surface area contributed by atoms with Crippen molar-refractivity contribution in [2.45, 2.75) is 45.3 Å². The number of ether oxygens (including phenoxy) is 1. The van der Waals surface area contributed by atoms with Gasteiger partial charge in [0.05, 0.1) is 12.5 Å². The number of carboxylic acid groups (broad SMARTS) is 1. The number of rotatable bonds is 8. The summed E-state index contributed by atoms with van der Waals surface area (Å²) in [6, 6.07) is 0. The van der Waals surface area contributed by atoms with Crippen LogP contribution in [0.1, 0.15) is 33.6 Å². The van der Waals surface area contributed by atoms with Crippen molar-refractivity contribution in [2.75, 3.05) is 13.2 Å². The first-order chi connectivity index (χ1) is 7.74. The van der Waals surface area contributed by atoms with Crippen molar-refractivity contribution in [3.8, 4) is 0 Å². The first-order valence-electron chi connectivity index (χ1n) is 5.63. The van der Waals surface area contributed by atoms with Gasteiger partial charge in [0.25, 0.3) is 0 Å². The zero-order valence-corrected chi connectivity index (χ0v) is 10.7. The molecule has 1 amide bonds. The Morgan fingerprint density at radius 1 is 1.47 bits per heavy atom. The molecule has 17 heavy (non-hydrogen) atoms. The fraction of sp³-hybridized carbons (Fsp3) is 0.818. The van der Waals surface area contributed by atoms with E-state index in [-0.39, 0.29) is 25.3 Å². The van der Waals surface area contributed by atoms with E-state index in [2.05, 4.69) is 5.32 Å². The Bertz CT molecular complexity index is 261. The SMILES string of the molecule is CCOC(CNC(=O)CC(C)(C)N)CC(=O)O. The van der Waals surface area contributed by atoms with E-state index in [4.69, 9.17) is 15.6 Å². The van der Waals surface area contributed by atoms with Gasteiger partial charge in [-0.25, -0.2) is 0 Å². The lowest BCUT2D eigenvalue weighted by Gasteiger charge is -2.20. The van der Waals surface area contributed by atoms with Gasteiger partial charge >= 0.3 is 5.97 Å². The highest BCUT2D eigenvalue weighted by Gasteiger charge is 2.18. The van der Waals surface area contributed by atoms with Crippen LogP contribution >= 0.6 is 0 Å². The highest BCUT2D eigenvalue weighted by molar-refractivity contribution is 5.77. The molecule has 6 heteroatoms. The van der Waals surface area contributed by atoms with Crippen molar-refractivity contribution in [3.63, 3.8) is 0 Å². The van der Waals surface area contributed by atoms with Gasteiger partial charge in [0.1, 0.15) is 0 Å². The molecule has 0 aliphatic heterocycles. The van der Waals surface area contributed by atoms with Gasteiger partial charge in [-0.05, 0) is 20.8 Å². The molecule has 0 aliphatic rings. The molecule has 0 radical (unpaired) electrons. The molecule has 0 spiro atoms. The molecule has 0 rings (SSSR count). The van der Waals surface area contributed by atoms with E-state index >= 15 is 0 Å². The summed E-state index contributed by atoms with van der Waals surface area (Å²) >= 11 is 0. The summed E-state index contributed by atoms with van der Waals surface area (Å²) in [7, 11) is 0. The average Bonchev–Trinajstić information content (AvgIpc) is 2.11. The van der Waals surface area contributed by atoms with E-state index in [0.29, 0.717) is 6.61 Å². The minimum Gasteiger partial charge on any atom is -0.481 e. The fourth-order valence-electron chi connectivity index (χ4n) is 1.32. The van der Waals surface area contributed by atoms with E-state index in [1.54, 1.807) is 20.8 Å². The Hall–Kier alpha value is -1.14. The van der Waals surface area contributed by atoms with Gasteiger partial charge in [0, 0.05) is 25.1 Å². The molecule has 100 valence electrons. The van der Waals surface area contributed by atoms with Crippen LogP contribution in [0, 0.1) is 0 Å². The minimum absolute atomic E-state index is 0.125. The van der Waals surface area contributed by atoms with Crippen LogP contribution < -0.4 is 11.1 Å². The number of nitrogens with one attached hydrogen (secondary N) is 1. The first kappa shape index (κ1) is 15.9. The van der Waals surface area contributed by atoms with Crippen LogP contribution in [0.2, 0.25) is 0 Å². The zero-order valence-electron chi connectivity index (χ0n) is 10.7. The smallest absolute Gasteiger partial charge is 0.306 e. The summed E-state index contributed by atoms with van der Waals surface area (Å²) in [6.07, 6.45) is -0.429. The maximum Gasteiger partial charge on any atom is 0.306 e. The molecule has 0 aromatic carbocycles. The molecule has 0 bridgehead atoms. The Kier molecular flexibility index (Phi) is 6.75. The molecule has 0 saturated heterocycles. The Labute approximate surface area is 102 Å². The van der Waals surface area contributed by atoms with Crippen LogP contribution in [-0.4, -0.2) is 41.8 Å². The van der Waals surface area contributed by atoms with Gasteiger partial charge in [0.15, 0.2) is 0 Å². The lowest BCUT2D eigenvalue weighted by molar-refractivity contribution is -0.140. The van der Waals surface area contributed by atoms with Crippen LogP contribution in [0.5, 0.6) is 0 Å². The third-order valence-electron chi connectivity index (χ3n) is 1.95. The molecule has 0 saturated carbocycles. The van der Waals surface area contributed by atoms with Crippen LogP contribution in [0.25, 0.3) is 0 Å². The highest BCUT2D eigenvalue weighted by Crippen LogP contribution is 2.03. The standard InChI is InChI=1S/C11H22N2O4/c1-4-17-8(5-10(15)16)7-13-9(14)6-11(2,3)12/h8H,4-7,12H2,1-3H3,(H,13,14)(H,15,16). The molecule has 0 aromatic rings. The highest BCUT2D eigenvalue weighted by atomic mass is 16.5. The average molecular weight is 246 g/mol. The van der Waals surface area contributed by atoms with Crippen molar-refractivity contribution in [2.24, 2.45) is 5.73 Å². The summed E-state index contributed by atoms with van der Waals surface area (Å²) in [5.41, 5.74) is 5.12. The molecule has 1 unspecified atom stereocenters. The Balaban J connectivity index is 4.03. The van der Waals surface area contributed by atoms with E-state index in [1.165, 1.54) is 0 Å². The number of carbonyl (C=O) groups is 2. The van der Waals surface area contributed by atoms with Gasteiger partial charge in [-0.3, -0.25) is 9.59 Å². The second-order valence-electron chi connectivity index (χ2n) is 4.64. The molecule has 0 aromatic heterocycles. The number of carboxylic acids is 1. The quantitative estimate of drug-likeness (QED) is 0.564. The van der Waals surface area contributed by atoms with Crippen LogP contribution in [0.15, 0.2) is 0 Å². The summed E-state index contributed by atoms with van der Waals surface area (Å²) in [5, 5.41) is 11.3. The van der Waals surface area contributed by atoms with Crippen LogP contribution in [0.4, 0.5) is 0 Å². The molecule has 1 atom stereocenters. The number of carbonyl (C=O) groups excluding carboxylic acids is 1. The molecule has 4 N–H and O–H groups in total. The predicted octanol–water partition coefficient (Wildman–Crippen LogP) is 0.110. The number of nitrogens with two attached hydrogens (primary N) is 1. The van der Waals surface area contributed by atoms with Crippen LogP contribution in [-0.2, 0) is 14.3 Å². The molecular formula is C11H22N2O4. The van der Waals surface area contributed by atoms with Gasteiger partial charge in [-0.15, -0.1) is 0 Å². The van der Waals surface area contributed by atoms with Crippen molar-refractivity contribution in [3.05, 3.63) is 0 Å². The second kappa shape index (κ2) is 7.24. The Morgan fingerprint density at radius 3 is 2.47 bits per heavy atom. The monoisotopic (exact) mass is 246 g/mol. The van der Waals surface area contributed by atoms with E-state index in [0.717, 1.165) is 0 Å². The first-order valence-corrected chi connectivity index (χ1v) is 5.63. The third-order valence-corrected chi connectivity index (χ3v) is 1.95. The maximum absolute atomic E-state index is 11.5. The van der Waals surface area contributed by atoms with Crippen molar-refractivity contribution < 1.29 is 19.4 Å². The van der Waals surface area contributed by atoms with E-state index in [9.17, 15) is 9.59 Å². The summed E-state index contributed by atoms with van der Waals surface area (Å²) in [4.78, 5) is 22.0. The zero-order chi connectivity index (χ0) is 13.5. The summed E-state index contributed by atoms with van der Waals surface area (Å²) in [6.45, 7) is 5.89. The number of amides is 1. The van der Waals surface area contributed by atoms with E-state index < -0.39 is 17.6 Å². The Morgan fingerprint density at radius 2 is 2.06 bits per heavy atom. The number of aliphatic carboxylic acids is 1. The van der Waals surface area contributed by atoms with Gasteiger partial charge in [-0.2, -0.15) is 0 Å². The maximum atomic E-state index is 11.5. The molecular weight excluding hydrogens is 224 g/mol. The number of hydrogen-bond acceptors (Lipinski definition) is 4. The largest absolute Gasteiger partial charge is 0.481 e. The van der Waals surface area contributed by atoms with Gasteiger partial charge in [-0.1, -0.05) is 0 Å². The fourth-order valence-corrected chi connectivity index (χ4v) is 1.32. The predicted molar refractivity (Wildman–Crippen MR) is 63.6 cm³/mol. The van der Waals surface area contributed by atoms with E-state index in [1.807, 2.05) is 0 Å². The molecule has 0 fully saturated rings. The summed E-state index contributed by atoms with van der Waals surface area (Å²) < 4.78 is 5.21. The van der Waals surface area contributed by atoms with Gasteiger partial charge < -0.3 is 20.9 Å². The van der Waals surface area contributed by atoms with Gasteiger partial charge in [0.2, 0.25) is 5.91 Å². The lowest BCUT2D eigenvalue weighted by Crippen LogP contribution is -2.41. The molecule has 0 aliphatic carbocycles. The minimum atomic E-state index is -0.947. The number of hydrogen-bond donors (Lipinski definition) is 3. The lowest BCUT2D eigenvalue weighted by atomic mass is 10.0. The van der Waals surface area contributed by atoms with Crippen LogP contribution in [0.3, 0.4) is 0 Å². The molecule has 6 nitrogen and oxygen atoms in total. The summed E-state index contributed by atoms with van der Waals surface area (Å²) in [5.74, 6) is -1.15. The normalized spacial score (nSPS) is 13.2. The van der Waals surface area contributed by atoms with Crippen molar-refractivity contribution in [1.82, 2.24) is 5.32 Å². The van der Waals surface area contributed by atoms with Crippen molar-refractivity contribution in [1.29, 1.82) is 0 Å². The molecule has 0 heterocycles.